The molecule has 0 unspecified atom stereocenters. The summed E-state index contributed by atoms with van der Waals surface area (Å²) in [5.41, 5.74) is 1.11. The number of nitrogens with one attached hydrogen (secondary N) is 2. The molecule has 2 N–H and O–H groups in total. The van der Waals surface area contributed by atoms with Gasteiger partial charge in [-0.25, -0.2) is 4.98 Å². The molecule has 0 saturated heterocycles. The van der Waals surface area contributed by atoms with Gasteiger partial charge in [0.25, 0.3) is 5.91 Å². The highest BCUT2D eigenvalue weighted by atomic mass is 32.1. The average molecular weight is 307 g/mol. The van der Waals surface area contributed by atoms with Crippen LogP contribution in [0.3, 0.4) is 0 Å². The first-order valence-corrected chi connectivity index (χ1v) is 7.39. The summed E-state index contributed by atoms with van der Waals surface area (Å²) in [6, 6.07) is 1.76. The number of anilines is 1. The molecule has 0 atom stereocenters. The summed E-state index contributed by atoms with van der Waals surface area (Å²) in [5.74, 6) is -0.377. The third-order valence-electron chi connectivity index (χ3n) is 2.78. The topological polar surface area (TPSA) is 88.9 Å². The molecule has 2 aromatic heterocycles. The van der Waals surface area contributed by atoms with E-state index >= 15 is 0 Å². The minimum absolute atomic E-state index is 0.0980. The second-order valence-corrected chi connectivity index (χ2v) is 5.56. The van der Waals surface area contributed by atoms with Crippen LogP contribution in [-0.2, 0) is 11.2 Å². The van der Waals surface area contributed by atoms with Gasteiger partial charge in [-0.05, 0) is 19.9 Å². The molecule has 0 aliphatic heterocycles. The van der Waals surface area contributed by atoms with E-state index in [1.54, 1.807) is 29.4 Å². The van der Waals surface area contributed by atoms with E-state index in [0.29, 0.717) is 16.5 Å². The lowest BCUT2D eigenvalue weighted by Crippen LogP contribution is -2.20. The molecule has 0 aromatic carbocycles. The molecule has 0 aliphatic carbocycles. The second kappa shape index (κ2) is 6.49. The molecule has 112 valence electrons. The van der Waals surface area contributed by atoms with Crippen LogP contribution in [0, 0.1) is 0 Å². The number of carbonyl (C=O) groups is 2. The van der Waals surface area contributed by atoms with Crippen LogP contribution in [0.5, 0.6) is 0 Å². The number of amides is 2. The molecule has 0 bridgehead atoms. The normalized spacial score (nSPS) is 10.7. The summed E-state index contributed by atoms with van der Waals surface area (Å²) in [7, 11) is 1.57. The molecular formula is C13H17N5O2S. The molecule has 8 heteroatoms. The monoisotopic (exact) mass is 307 g/mol. The summed E-state index contributed by atoms with van der Waals surface area (Å²) in [6.45, 7) is 3.91. The Kier molecular flexibility index (Phi) is 4.69. The highest BCUT2D eigenvalue weighted by Crippen LogP contribution is 2.17. The van der Waals surface area contributed by atoms with Crippen molar-refractivity contribution in [3.8, 4) is 0 Å². The van der Waals surface area contributed by atoms with Crippen molar-refractivity contribution in [1.29, 1.82) is 0 Å². The van der Waals surface area contributed by atoms with Crippen LogP contribution in [0.15, 0.2) is 17.6 Å². The smallest absolute Gasteiger partial charge is 0.275 e. The lowest BCUT2D eigenvalue weighted by molar-refractivity contribution is -0.120. The number of nitrogens with zero attached hydrogens (tertiary/aromatic N) is 3. The molecule has 0 spiro atoms. The van der Waals surface area contributed by atoms with Crippen LogP contribution in [0.4, 0.5) is 5.13 Å². The summed E-state index contributed by atoms with van der Waals surface area (Å²) in [5, 5.41) is 11.6. The Balaban J connectivity index is 2.06. The lowest BCUT2D eigenvalue weighted by atomic mass is 10.3. The number of carbonyl (C=O) groups excluding carboxylic acids is 2. The highest BCUT2D eigenvalue weighted by molar-refractivity contribution is 7.14. The molecular weight excluding hydrogens is 290 g/mol. The van der Waals surface area contributed by atoms with Gasteiger partial charge in [-0.1, -0.05) is 0 Å². The minimum Gasteiger partial charge on any atom is -0.359 e. The molecule has 2 rings (SSSR count). The summed E-state index contributed by atoms with van der Waals surface area (Å²) < 4.78 is 1.65. The fourth-order valence-corrected chi connectivity index (χ4v) is 2.47. The predicted molar refractivity (Wildman–Crippen MR) is 80.4 cm³/mol. The molecule has 0 aliphatic rings. The van der Waals surface area contributed by atoms with E-state index in [2.05, 4.69) is 20.7 Å². The molecule has 2 amide bonds. The van der Waals surface area contributed by atoms with Crippen LogP contribution >= 0.6 is 11.3 Å². The van der Waals surface area contributed by atoms with Crippen LogP contribution in [0.25, 0.3) is 0 Å². The summed E-state index contributed by atoms with van der Waals surface area (Å²) >= 11 is 1.29. The quantitative estimate of drug-likeness (QED) is 0.875. The van der Waals surface area contributed by atoms with Gasteiger partial charge in [-0.2, -0.15) is 5.10 Å². The Morgan fingerprint density at radius 1 is 1.43 bits per heavy atom. The van der Waals surface area contributed by atoms with Gasteiger partial charge in [-0.3, -0.25) is 19.6 Å². The van der Waals surface area contributed by atoms with Gasteiger partial charge in [0.1, 0.15) is 5.69 Å². The van der Waals surface area contributed by atoms with E-state index in [1.165, 1.54) is 11.3 Å². The van der Waals surface area contributed by atoms with Crippen molar-refractivity contribution >= 4 is 28.3 Å². The van der Waals surface area contributed by atoms with E-state index < -0.39 is 0 Å². The van der Waals surface area contributed by atoms with E-state index in [4.69, 9.17) is 0 Å². The van der Waals surface area contributed by atoms with Crippen LogP contribution in [0.2, 0.25) is 0 Å². The van der Waals surface area contributed by atoms with E-state index in [0.717, 1.165) is 0 Å². The standard InChI is InChI=1S/C13H17N5O2S/c1-8(2)18-10(4-5-15-18)12(20)17-13-16-9(7-21-13)6-11(19)14-3/h4-5,7-8H,6H2,1-3H3,(H,14,19)(H,16,17,20). The highest BCUT2D eigenvalue weighted by Gasteiger charge is 2.16. The maximum atomic E-state index is 12.2. The Hall–Kier alpha value is -2.22. The number of likely N-dealkylation sites (N-methyl/N-ethyl adjacent to an activating group) is 1. The first-order valence-electron chi connectivity index (χ1n) is 6.51. The van der Waals surface area contributed by atoms with Crippen molar-refractivity contribution in [3.05, 3.63) is 29.0 Å². The Bertz CT molecular complexity index is 647. The average Bonchev–Trinajstić information content (AvgIpc) is 3.07. The van der Waals surface area contributed by atoms with Crippen molar-refractivity contribution < 1.29 is 9.59 Å². The van der Waals surface area contributed by atoms with Gasteiger partial charge in [0, 0.05) is 24.7 Å². The molecule has 7 nitrogen and oxygen atoms in total. The van der Waals surface area contributed by atoms with Crippen molar-refractivity contribution in [2.45, 2.75) is 26.3 Å². The maximum absolute atomic E-state index is 12.2. The van der Waals surface area contributed by atoms with Crippen molar-refractivity contribution in [2.24, 2.45) is 0 Å². The second-order valence-electron chi connectivity index (χ2n) is 4.70. The van der Waals surface area contributed by atoms with Crippen molar-refractivity contribution in [2.75, 3.05) is 12.4 Å². The number of aromatic nitrogens is 3. The van der Waals surface area contributed by atoms with Gasteiger partial charge in [0.15, 0.2) is 5.13 Å². The zero-order valence-electron chi connectivity index (χ0n) is 12.1. The first-order chi connectivity index (χ1) is 10.0. The third-order valence-corrected chi connectivity index (χ3v) is 3.59. The van der Waals surface area contributed by atoms with Crippen LogP contribution < -0.4 is 10.6 Å². The first kappa shape index (κ1) is 15.2. The van der Waals surface area contributed by atoms with E-state index in [1.807, 2.05) is 13.8 Å². The molecule has 0 saturated carbocycles. The third kappa shape index (κ3) is 3.66. The van der Waals surface area contributed by atoms with Crippen LogP contribution in [0.1, 0.15) is 36.1 Å². The Labute approximate surface area is 126 Å². The molecule has 0 fully saturated rings. The van der Waals surface area contributed by atoms with E-state index in [-0.39, 0.29) is 24.3 Å². The van der Waals surface area contributed by atoms with Gasteiger partial charge in [0.05, 0.1) is 12.1 Å². The number of thiazole rings is 1. The maximum Gasteiger partial charge on any atom is 0.275 e. The zero-order chi connectivity index (χ0) is 15.4. The fourth-order valence-electron chi connectivity index (χ4n) is 1.77. The van der Waals surface area contributed by atoms with Gasteiger partial charge >= 0.3 is 0 Å². The summed E-state index contributed by atoms with van der Waals surface area (Å²) in [4.78, 5) is 27.7. The van der Waals surface area contributed by atoms with E-state index in [9.17, 15) is 9.59 Å². The minimum atomic E-state index is -0.262. The van der Waals surface area contributed by atoms with Gasteiger partial charge < -0.3 is 5.32 Å². The largest absolute Gasteiger partial charge is 0.359 e. The fraction of sp³-hybridized carbons (Fsp3) is 0.385. The van der Waals surface area contributed by atoms with Crippen molar-refractivity contribution in [1.82, 2.24) is 20.1 Å². The Morgan fingerprint density at radius 2 is 2.19 bits per heavy atom. The number of hydrogen-bond acceptors (Lipinski definition) is 5. The summed E-state index contributed by atoms with van der Waals surface area (Å²) in [6.07, 6.45) is 1.79. The number of rotatable bonds is 5. The van der Waals surface area contributed by atoms with Crippen LogP contribution in [-0.4, -0.2) is 33.6 Å². The van der Waals surface area contributed by atoms with Gasteiger partial charge in [0.2, 0.25) is 5.91 Å². The molecule has 21 heavy (non-hydrogen) atoms. The SMILES string of the molecule is CNC(=O)Cc1csc(NC(=O)c2ccnn2C(C)C)n1. The van der Waals surface area contributed by atoms with Crippen molar-refractivity contribution in [3.63, 3.8) is 0 Å². The Morgan fingerprint density at radius 3 is 2.86 bits per heavy atom. The lowest BCUT2D eigenvalue weighted by Gasteiger charge is -2.09. The molecule has 2 aromatic rings. The van der Waals surface area contributed by atoms with Gasteiger partial charge in [-0.15, -0.1) is 11.3 Å². The molecule has 2 heterocycles. The predicted octanol–water partition coefficient (Wildman–Crippen LogP) is 1.46. The number of hydrogen-bond donors (Lipinski definition) is 2. The zero-order valence-corrected chi connectivity index (χ0v) is 12.9. The molecule has 0 radical (unpaired) electrons.